The molecule has 136 valence electrons. The maximum absolute atomic E-state index is 12.2. The molecule has 1 atom stereocenters. The molecule has 0 aliphatic carbocycles. The average molecular weight is 344 g/mol. The first-order valence-corrected chi connectivity index (χ1v) is 9.34. The van der Waals surface area contributed by atoms with Crippen LogP contribution in [-0.2, 0) is 4.79 Å². The van der Waals surface area contributed by atoms with Gasteiger partial charge in [0.2, 0.25) is 5.91 Å². The molecule has 0 aromatic heterocycles. The monoisotopic (exact) mass is 344 g/mol. The molecule has 0 radical (unpaired) electrons. The Morgan fingerprint density at radius 3 is 2.56 bits per heavy atom. The van der Waals surface area contributed by atoms with Gasteiger partial charge in [0.25, 0.3) is 5.91 Å². The van der Waals surface area contributed by atoms with E-state index in [2.05, 4.69) is 20.9 Å². The lowest BCUT2D eigenvalue weighted by Crippen LogP contribution is -2.33. The maximum atomic E-state index is 12.2. The van der Waals surface area contributed by atoms with Crippen LogP contribution in [0.3, 0.4) is 0 Å². The second kappa shape index (κ2) is 8.97. The number of hydrogen-bond donors (Lipinski definition) is 3. The number of anilines is 1. The first kappa shape index (κ1) is 17.9. The first-order chi connectivity index (χ1) is 12.2. The summed E-state index contributed by atoms with van der Waals surface area (Å²) >= 11 is 0. The van der Waals surface area contributed by atoms with E-state index in [1.165, 1.54) is 12.8 Å². The molecule has 0 saturated carbocycles. The molecule has 2 saturated heterocycles. The lowest BCUT2D eigenvalue weighted by molar-refractivity contribution is -0.116. The van der Waals surface area contributed by atoms with E-state index in [4.69, 9.17) is 0 Å². The number of carbonyl (C=O) groups excluding carboxylic acids is 2. The number of carbonyl (C=O) groups is 2. The van der Waals surface area contributed by atoms with Gasteiger partial charge in [-0.25, -0.2) is 0 Å². The number of nitrogens with one attached hydrogen (secondary N) is 3. The standard InChI is InChI=1S/C19H28N4O2/c24-18(14-17-4-3-9-20-17)22-16-7-5-15(6-8-16)19(25)21-10-13-23-11-1-2-12-23/h5-8,17,20H,1-4,9-14H2,(H,21,25)(H,22,24). The van der Waals surface area contributed by atoms with Crippen molar-refractivity contribution in [2.75, 3.05) is 38.0 Å². The summed E-state index contributed by atoms with van der Waals surface area (Å²) in [5.74, 6) is -0.0468. The normalized spacial score (nSPS) is 20.6. The van der Waals surface area contributed by atoms with Crippen LogP contribution in [0.5, 0.6) is 0 Å². The fraction of sp³-hybridized carbons (Fsp3) is 0.579. The first-order valence-electron chi connectivity index (χ1n) is 9.34. The third kappa shape index (κ3) is 5.54. The fourth-order valence-corrected chi connectivity index (χ4v) is 3.51. The lowest BCUT2D eigenvalue weighted by atomic mass is 10.1. The highest BCUT2D eigenvalue weighted by Crippen LogP contribution is 2.13. The van der Waals surface area contributed by atoms with Crippen LogP contribution in [0.25, 0.3) is 0 Å². The second-order valence-corrected chi connectivity index (χ2v) is 6.93. The minimum Gasteiger partial charge on any atom is -0.351 e. The van der Waals surface area contributed by atoms with Crippen molar-refractivity contribution in [2.24, 2.45) is 0 Å². The van der Waals surface area contributed by atoms with E-state index in [1.807, 2.05) is 0 Å². The molecule has 1 aromatic carbocycles. The quantitative estimate of drug-likeness (QED) is 0.702. The molecule has 6 heteroatoms. The minimum absolute atomic E-state index is 0.0159. The molecule has 6 nitrogen and oxygen atoms in total. The highest BCUT2D eigenvalue weighted by molar-refractivity contribution is 5.95. The Bertz CT molecular complexity index is 576. The Balaban J connectivity index is 1.41. The molecule has 3 rings (SSSR count). The molecule has 2 fully saturated rings. The van der Waals surface area contributed by atoms with Gasteiger partial charge in [-0.2, -0.15) is 0 Å². The summed E-state index contributed by atoms with van der Waals surface area (Å²) in [5, 5.41) is 9.18. The highest BCUT2D eigenvalue weighted by atomic mass is 16.2. The SMILES string of the molecule is O=C(CC1CCCN1)Nc1ccc(C(=O)NCCN2CCCC2)cc1. The highest BCUT2D eigenvalue weighted by Gasteiger charge is 2.17. The number of likely N-dealkylation sites (tertiary alicyclic amines) is 1. The van der Waals surface area contributed by atoms with Gasteiger partial charge in [0.1, 0.15) is 0 Å². The summed E-state index contributed by atoms with van der Waals surface area (Å²) in [6.07, 6.45) is 5.22. The zero-order valence-corrected chi connectivity index (χ0v) is 14.7. The number of hydrogen-bond acceptors (Lipinski definition) is 4. The van der Waals surface area contributed by atoms with Gasteiger partial charge in [-0.15, -0.1) is 0 Å². The van der Waals surface area contributed by atoms with E-state index in [0.717, 1.165) is 44.7 Å². The summed E-state index contributed by atoms with van der Waals surface area (Å²) in [5.41, 5.74) is 1.36. The molecule has 2 heterocycles. The van der Waals surface area contributed by atoms with Gasteiger partial charge in [0.15, 0.2) is 0 Å². The predicted octanol–water partition coefficient (Wildman–Crippen LogP) is 1.59. The number of nitrogens with zero attached hydrogens (tertiary/aromatic N) is 1. The van der Waals surface area contributed by atoms with Crippen molar-refractivity contribution in [3.05, 3.63) is 29.8 Å². The zero-order chi connectivity index (χ0) is 17.5. The van der Waals surface area contributed by atoms with Gasteiger partial charge >= 0.3 is 0 Å². The summed E-state index contributed by atoms with van der Waals surface area (Å²) < 4.78 is 0. The van der Waals surface area contributed by atoms with Gasteiger partial charge in [-0.3, -0.25) is 9.59 Å². The van der Waals surface area contributed by atoms with Crippen LogP contribution in [0.1, 0.15) is 42.5 Å². The van der Waals surface area contributed by atoms with E-state index in [9.17, 15) is 9.59 Å². The zero-order valence-electron chi connectivity index (χ0n) is 14.7. The van der Waals surface area contributed by atoms with Crippen LogP contribution in [0.4, 0.5) is 5.69 Å². The molecule has 1 unspecified atom stereocenters. The van der Waals surface area contributed by atoms with Gasteiger partial charge in [-0.05, 0) is 69.6 Å². The fourth-order valence-electron chi connectivity index (χ4n) is 3.51. The second-order valence-electron chi connectivity index (χ2n) is 6.93. The number of rotatable bonds is 7. The van der Waals surface area contributed by atoms with Crippen LogP contribution < -0.4 is 16.0 Å². The van der Waals surface area contributed by atoms with Crippen molar-refractivity contribution in [2.45, 2.75) is 38.1 Å². The van der Waals surface area contributed by atoms with Crippen molar-refractivity contribution >= 4 is 17.5 Å². The molecule has 0 spiro atoms. The molecular formula is C19H28N4O2. The Hall–Kier alpha value is -1.92. The van der Waals surface area contributed by atoms with E-state index in [0.29, 0.717) is 24.6 Å². The number of benzene rings is 1. The molecule has 0 bridgehead atoms. The molecule has 2 aliphatic rings. The molecule has 1 aromatic rings. The predicted molar refractivity (Wildman–Crippen MR) is 98.7 cm³/mol. The summed E-state index contributed by atoms with van der Waals surface area (Å²) in [7, 11) is 0. The maximum Gasteiger partial charge on any atom is 0.251 e. The van der Waals surface area contributed by atoms with E-state index in [-0.39, 0.29) is 11.8 Å². The van der Waals surface area contributed by atoms with Crippen molar-refractivity contribution in [3.63, 3.8) is 0 Å². The van der Waals surface area contributed by atoms with E-state index >= 15 is 0 Å². The Morgan fingerprint density at radius 2 is 1.88 bits per heavy atom. The van der Waals surface area contributed by atoms with Crippen LogP contribution >= 0.6 is 0 Å². The van der Waals surface area contributed by atoms with Gasteiger partial charge in [0.05, 0.1) is 0 Å². The van der Waals surface area contributed by atoms with Gasteiger partial charge in [-0.1, -0.05) is 0 Å². The van der Waals surface area contributed by atoms with Crippen LogP contribution in [0, 0.1) is 0 Å². The average Bonchev–Trinajstić information content (AvgIpc) is 3.29. The minimum atomic E-state index is -0.0628. The molecule has 3 N–H and O–H groups in total. The third-order valence-electron chi connectivity index (χ3n) is 4.94. The summed E-state index contributed by atoms with van der Waals surface area (Å²) in [4.78, 5) is 26.5. The molecule has 2 amide bonds. The van der Waals surface area contributed by atoms with Crippen LogP contribution in [0.15, 0.2) is 24.3 Å². The molecule has 2 aliphatic heterocycles. The van der Waals surface area contributed by atoms with E-state index < -0.39 is 0 Å². The molecular weight excluding hydrogens is 316 g/mol. The number of amides is 2. The third-order valence-corrected chi connectivity index (χ3v) is 4.94. The van der Waals surface area contributed by atoms with Crippen molar-refractivity contribution in [1.29, 1.82) is 0 Å². The lowest BCUT2D eigenvalue weighted by Gasteiger charge is -2.14. The Kier molecular flexibility index (Phi) is 6.42. The molecule has 25 heavy (non-hydrogen) atoms. The Morgan fingerprint density at radius 1 is 1.12 bits per heavy atom. The largest absolute Gasteiger partial charge is 0.351 e. The smallest absolute Gasteiger partial charge is 0.251 e. The van der Waals surface area contributed by atoms with Crippen molar-refractivity contribution in [3.8, 4) is 0 Å². The van der Waals surface area contributed by atoms with Gasteiger partial charge in [0, 0.05) is 36.8 Å². The topological polar surface area (TPSA) is 73.5 Å². The van der Waals surface area contributed by atoms with Crippen LogP contribution in [-0.4, -0.2) is 55.5 Å². The van der Waals surface area contributed by atoms with Gasteiger partial charge < -0.3 is 20.9 Å². The van der Waals surface area contributed by atoms with Crippen molar-refractivity contribution in [1.82, 2.24) is 15.5 Å². The van der Waals surface area contributed by atoms with E-state index in [1.54, 1.807) is 24.3 Å². The summed E-state index contributed by atoms with van der Waals surface area (Å²) in [6, 6.07) is 7.38. The van der Waals surface area contributed by atoms with Crippen LogP contribution in [0.2, 0.25) is 0 Å². The Labute approximate surface area is 149 Å². The summed E-state index contributed by atoms with van der Waals surface area (Å²) in [6.45, 7) is 4.86. The van der Waals surface area contributed by atoms with Crippen molar-refractivity contribution < 1.29 is 9.59 Å².